The van der Waals surface area contributed by atoms with Gasteiger partial charge in [0.1, 0.15) is 0 Å². The van der Waals surface area contributed by atoms with E-state index in [1.54, 1.807) is 12.5 Å². The van der Waals surface area contributed by atoms with E-state index in [1.165, 1.54) is 5.56 Å². The maximum Gasteiger partial charge on any atom is 0.0952 e. The molecule has 0 aliphatic heterocycles. The van der Waals surface area contributed by atoms with Gasteiger partial charge in [-0.2, -0.15) is 0 Å². The van der Waals surface area contributed by atoms with Crippen molar-refractivity contribution in [1.29, 1.82) is 0 Å². The maximum atomic E-state index is 9.08. The molecule has 0 atom stereocenters. The van der Waals surface area contributed by atoms with Gasteiger partial charge in [-0.1, -0.05) is 34.1 Å². The predicted octanol–water partition coefficient (Wildman–Crippen LogP) is 2.19. The smallest absolute Gasteiger partial charge is 0.0952 e. The van der Waals surface area contributed by atoms with Crippen molar-refractivity contribution in [2.45, 2.75) is 13.2 Å². The molecule has 2 rings (SSSR count). The molecule has 0 saturated carbocycles. The van der Waals surface area contributed by atoms with Gasteiger partial charge < -0.3 is 9.67 Å². The number of halogens is 1. The molecule has 0 fully saturated rings. The summed E-state index contributed by atoms with van der Waals surface area (Å²) in [5, 5.41) is 9.08. The van der Waals surface area contributed by atoms with E-state index in [0.29, 0.717) is 0 Å². The first-order valence-corrected chi connectivity index (χ1v) is 5.44. The average molecular weight is 267 g/mol. The number of nitrogens with zero attached hydrogens (tertiary/aromatic N) is 2. The molecule has 1 heterocycles. The first kappa shape index (κ1) is 10.4. The summed E-state index contributed by atoms with van der Waals surface area (Å²) in [6.07, 6.45) is 3.40. The summed E-state index contributed by atoms with van der Waals surface area (Å²) in [5.74, 6) is 0. The summed E-state index contributed by atoms with van der Waals surface area (Å²) in [5.41, 5.74) is 2.00. The summed E-state index contributed by atoms with van der Waals surface area (Å²) in [4.78, 5) is 4.01. The number of aliphatic hydroxyl groups excluding tert-OH is 1. The summed E-state index contributed by atoms with van der Waals surface area (Å²) in [6, 6.07) is 8.03. The van der Waals surface area contributed by atoms with Crippen LogP contribution >= 0.6 is 15.9 Å². The van der Waals surface area contributed by atoms with Crippen LogP contribution in [0.25, 0.3) is 0 Å². The van der Waals surface area contributed by atoms with Crippen molar-refractivity contribution in [2.75, 3.05) is 0 Å². The molecule has 2 aromatic rings. The van der Waals surface area contributed by atoms with Gasteiger partial charge in [0.05, 0.1) is 24.8 Å². The number of hydrogen-bond acceptors (Lipinski definition) is 2. The van der Waals surface area contributed by atoms with Crippen LogP contribution in [0.3, 0.4) is 0 Å². The number of aromatic nitrogens is 2. The van der Waals surface area contributed by atoms with E-state index in [4.69, 9.17) is 5.11 Å². The molecule has 0 radical (unpaired) electrons. The van der Waals surface area contributed by atoms with Crippen LogP contribution in [0.1, 0.15) is 11.3 Å². The number of benzene rings is 1. The highest BCUT2D eigenvalue weighted by atomic mass is 79.9. The van der Waals surface area contributed by atoms with Crippen LogP contribution < -0.4 is 0 Å². The fourth-order valence-electron chi connectivity index (χ4n) is 1.43. The molecule has 0 unspecified atom stereocenters. The molecule has 3 nitrogen and oxygen atoms in total. The highest BCUT2D eigenvalue weighted by molar-refractivity contribution is 9.10. The van der Waals surface area contributed by atoms with Crippen LogP contribution in [-0.2, 0) is 13.2 Å². The molecule has 0 aliphatic carbocycles. The standard InChI is InChI=1S/C11H11BrN2O/c12-11-4-2-1-3-9(11)6-14-8-13-5-10(14)7-15/h1-5,8,15H,6-7H2. The van der Waals surface area contributed by atoms with Crippen LogP contribution in [0, 0.1) is 0 Å². The van der Waals surface area contributed by atoms with E-state index in [1.807, 2.05) is 28.8 Å². The molecule has 15 heavy (non-hydrogen) atoms. The van der Waals surface area contributed by atoms with Gasteiger partial charge in [-0.15, -0.1) is 0 Å². The fourth-order valence-corrected chi connectivity index (χ4v) is 1.84. The molecule has 0 amide bonds. The fraction of sp³-hybridized carbons (Fsp3) is 0.182. The summed E-state index contributed by atoms with van der Waals surface area (Å²) >= 11 is 3.49. The largest absolute Gasteiger partial charge is 0.390 e. The second-order valence-electron chi connectivity index (χ2n) is 3.26. The van der Waals surface area contributed by atoms with Crippen LogP contribution in [0.4, 0.5) is 0 Å². The van der Waals surface area contributed by atoms with Crippen LogP contribution in [0.15, 0.2) is 41.3 Å². The Balaban J connectivity index is 2.26. The Hall–Kier alpha value is -1.13. The van der Waals surface area contributed by atoms with Crippen LogP contribution in [0.5, 0.6) is 0 Å². The third kappa shape index (κ3) is 2.27. The van der Waals surface area contributed by atoms with E-state index in [-0.39, 0.29) is 6.61 Å². The van der Waals surface area contributed by atoms with E-state index in [2.05, 4.69) is 20.9 Å². The molecule has 1 N–H and O–H groups in total. The molecule has 0 bridgehead atoms. The predicted molar refractivity (Wildman–Crippen MR) is 61.4 cm³/mol. The zero-order chi connectivity index (χ0) is 10.7. The minimum absolute atomic E-state index is 0.0183. The van der Waals surface area contributed by atoms with Crippen molar-refractivity contribution in [3.05, 3.63) is 52.5 Å². The summed E-state index contributed by atoms with van der Waals surface area (Å²) in [6.45, 7) is 0.738. The van der Waals surface area contributed by atoms with E-state index in [9.17, 15) is 0 Å². The Morgan fingerprint density at radius 1 is 1.33 bits per heavy atom. The normalized spacial score (nSPS) is 10.5. The van der Waals surface area contributed by atoms with Gasteiger partial charge in [0.25, 0.3) is 0 Å². The molecular weight excluding hydrogens is 256 g/mol. The monoisotopic (exact) mass is 266 g/mol. The average Bonchev–Trinajstić information content (AvgIpc) is 2.69. The Labute approximate surface area is 96.5 Å². The highest BCUT2D eigenvalue weighted by Crippen LogP contribution is 2.17. The van der Waals surface area contributed by atoms with Crippen LogP contribution in [0.2, 0.25) is 0 Å². The van der Waals surface area contributed by atoms with Crippen molar-refractivity contribution in [2.24, 2.45) is 0 Å². The lowest BCUT2D eigenvalue weighted by Crippen LogP contribution is -2.03. The number of aliphatic hydroxyl groups is 1. The quantitative estimate of drug-likeness (QED) is 0.925. The second-order valence-corrected chi connectivity index (χ2v) is 4.12. The summed E-state index contributed by atoms with van der Waals surface area (Å²) < 4.78 is 3.00. The highest BCUT2D eigenvalue weighted by Gasteiger charge is 2.03. The van der Waals surface area contributed by atoms with Gasteiger partial charge in [-0.3, -0.25) is 0 Å². The van der Waals surface area contributed by atoms with Crippen LogP contribution in [-0.4, -0.2) is 14.7 Å². The Kier molecular flexibility index (Phi) is 3.18. The first-order chi connectivity index (χ1) is 7.31. The Morgan fingerprint density at radius 2 is 2.13 bits per heavy atom. The Morgan fingerprint density at radius 3 is 2.87 bits per heavy atom. The lowest BCUT2D eigenvalue weighted by Gasteiger charge is -2.07. The van der Waals surface area contributed by atoms with Gasteiger partial charge >= 0.3 is 0 Å². The molecule has 1 aromatic heterocycles. The minimum atomic E-state index is 0.0183. The van der Waals surface area contributed by atoms with Crippen molar-refractivity contribution < 1.29 is 5.11 Å². The third-order valence-electron chi connectivity index (χ3n) is 2.26. The molecule has 78 valence electrons. The molecule has 0 spiro atoms. The van der Waals surface area contributed by atoms with E-state index >= 15 is 0 Å². The van der Waals surface area contributed by atoms with E-state index < -0.39 is 0 Å². The topological polar surface area (TPSA) is 38.1 Å². The molecular formula is C11H11BrN2O. The number of rotatable bonds is 3. The minimum Gasteiger partial charge on any atom is -0.390 e. The molecule has 0 aliphatic rings. The Bertz CT molecular complexity index is 453. The SMILES string of the molecule is OCc1cncn1Cc1ccccc1Br. The molecule has 1 aromatic carbocycles. The van der Waals surface area contributed by atoms with E-state index in [0.717, 1.165) is 16.7 Å². The van der Waals surface area contributed by atoms with Gasteiger partial charge in [-0.25, -0.2) is 4.98 Å². The van der Waals surface area contributed by atoms with Crippen molar-refractivity contribution in [3.63, 3.8) is 0 Å². The lowest BCUT2D eigenvalue weighted by molar-refractivity contribution is 0.271. The van der Waals surface area contributed by atoms with Gasteiger partial charge in [0.15, 0.2) is 0 Å². The van der Waals surface area contributed by atoms with Gasteiger partial charge in [0, 0.05) is 11.0 Å². The zero-order valence-corrected chi connectivity index (χ0v) is 9.68. The van der Waals surface area contributed by atoms with Gasteiger partial charge in [0.2, 0.25) is 0 Å². The number of hydrogen-bond donors (Lipinski definition) is 1. The second kappa shape index (κ2) is 4.59. The van der Waals surface area contributed by atoms with Gasteiger partial charge in [-0.05, 0) is 11.6 Å². The zero-order valence-electron chi connectivity index (χ0n) is 8.10. The maximum absolute atomic E-state index is 9.08. The molecule has 0 saturated heterocycles. The lowest BCUT2D eigenvalue weighted by atomic mass is 10.2. The first-order valence-electron chi connectivity index (χ1n) is 4.64. The summed E-state index contributed by atoms with van der Waals surface area (Å²) in [7, 11) is 0. The number of imidazole rings is 1. The van der Waals surface area contributed by atoms with Crippen molar-refractivity contribution in [3.8, 4) is 0 Å². The third-order valence-corrected chi connectivity index (χ3v) is 3.03. The van der Waals surface area contributed by atoms with Crippen molar-refractivity contribution >= 4 is 15.9 Å². The molecule has 4 heteroatoms. The van der Waals surface area contributed by atoms with Crippen molar-refractivity contribution in [1.82, 2.24) is 9.55 Å².